The van der Waals surface area contributed by atoms with Crippen LogP contribution in [0.25, 0.3) is 0 Å². The van der Waals surface area contributed by atoms with Crippen molar-refractivity contribution in [1.82, 2.24) is 9.80 Å². The van der Waals surface area contributed by atoms with Crippen LogP contribution in [0.4, 0.5) is 4.39 Å². The molecule has 0 atom stereocenters. The Morgan fingerprint density at radius 1 is 0.935 bits per heavy atom. The molecule has 0 aliphatic carbocycles. The number of rotatable bonds is 8. The van der Waals surface area contributed by atoms with Crippen LogP contribution in [0.1, 0.15) is 17.5 Å². The molecule has 1 fully saturated rings. The number of carboxylic acids is 1. The average molecular weight is 432 g/mol. The smallest absolute Gasteiger partial charge is 0.303 e. The van der Waals surface area contributed by atoms with Gasteiger partial charge in [-0.15, -0.1) is 0 Å². The van der Waals surface area contributed by atoms with Crippen molar-refractivity contribution in [2.24, 2.45) is 0 Å². The first kappa shape index (κ1) is 24.3. The highest BCUT2D eigenvalue weighted by atomic mass is 19.1. The lowest BCUT2D eigenvalue weighted by Crippen LogP contribution is -2.49. The van der Waals surface area contributed by atoms with E-state index < -0.39 is 5.97 Å². The quantitative estimate of drug-likeness (QED) is 0.665. The summed E-state index contributed by atoms with van der Waals surface area (Å²) in [6.45, 7) is 3.53. The number of benzene rings is 2. The number of ether oxygens (including phenoxy) is 1. The normalized spacial score (nSPS) is 13.8. The van der Waals surface area contributed by atoms with Crippen molar-refractivity contribution in [3.05, 3.63) is 65.5 Å². The Morgan fingerprint density at radius 2 is 1.52 bits per heavy atom. The predicted molar refractivity (Wildman–Crippen MR) is 114 cm³/mol. The monoisotopic (exact) mass is 432 g/mol. The van der Waals surface area contributed by atoms with Gasteiger partial charge in [0.25, 0.3) is 5.91 Å². The number of piperazine rings is 1. The number of hydrogen-bond acceptors (Lipinski definition) is 5. The highest BCUT2D eigenvalue weighted by molar-refractivity contribution is 5.77. The summed E-state index contributed by atoms with van der Waals surface area (Å²) in [7, 11) is 1.00. The number of aryl methyl sites for hydroxylation is 1. The fraction of sp³-hybridized carbons (Fsp3) is 0.391. The number of aliphatic carboxylic acids is 1. The lowest BCUT2D eigenvalue weighted by molar-refractivity contribution is -0.137. The number of nitrogens with zero attached hydrogens (tertiary/aromatic N) is 2. The second-order valence-corrected chi connectivity index (χ2v) is 7.11. The molecule has 1 aliphatic rings. The van der Waals surface area contributed by atoms with Crippen LogP contribution in [0, 0.1) is 5.82 Å². The van der Waals surface area contributed by atoms with Crippen molar-refractivity contribution in [1.29, 1.82) is 0 Å². The molecular weight excluding hydrogens is 403 g/mol. The van der Waals surface area contributed by atoms with Crippen LogP contribution in [0.15, 0.2) is 48.5 Å². The van der Waals surface area contributed by atoms with Crippen LogP contribution in [-0.2, 0) is 22.6 Å². The summed E-state index contributed by atoms with van der Waals surface area (Å²) in [6.07, 6.45) is 0.558. The van der Waals surface area contributed by atoms with Crippen LogP contribution < -0.4 is 4.74 Å². The third-order valence-electron chi connectivity index (χ3n) is 4.96. The Labute approximate surface area is 181 Å². The largest absolute Gasteiger partial charge is 0.484 e. The van der Waals surface area contributed by atoms with E-state index in [1.54, 1.807) is 29.2 Å². The standard InChI is InChI=1S/C22H25FN2O4.CH4O/c23-19-6-1-18(2-7-19)15-24-11-13-25(14-12-24)21(26)16-29-20-8-3-17(4-9-20)5-10-22(27)28;1-2/h1-4,6-9H,5,10-16H2,(H,27,28);2H,1H3. The fourth-order valence-electron chi connectivity index (χ4n) is 3.24. The van der Waals surface area contributed by atoms with Crippen LogP contribution in [0.5, 0.6) is 5.75 Å². The molecule has 0 aromatic heterocycles. The molecule has 0 bridgehead atoms. The molecule has 0 unspecified atom stereocenters. The summed E-state index contributed by atoms with van der Waals surface area (Å²) in [4.78, 5) is 27.0. The molecule has 0 spiro atoms. The number of aliphatic hydroxyl groups is 1. The maximum Gasteiger partial charge on any atom is 0.303 e. The van der Waals surface area contributed by atoms with E-state index in [2.05, 4.69) is 4.90 Å². The molecule has 1 amide bonds. The van der Waals surface area contributed by atoms with E-state index in [4.69, 9.17) is 14.9 Å². The zero-order valence-electron chi connectivity index (χ0n) is 17.7. The lowest BCUT2D eigenvalue weighted by Gasteiger charge is -2.34. The second kappa shape index (κ2) is 12.7. The Morgan fingerprint density at radius 3 is 2.10 bits per heavy atom. The minimum absolute atomic E-state index is 0.0214. The minimum atomic E-state index is -0.825. The molecule has 7 nitrogen and oxygen atoms in total. The predicted octanol–water partition coefficient (Wildman–Crippen LogP) is 2.17. The van der Waals surface area contributed by atoms with Crippen LogP contribution in [0.2, 0.25) is 0 Å². The first-order chi connectivity index (χ1) is 15.0. The first-order valence-corrected chi connectivity index (χ1v) is 10.1. The molecule has 31 heavy (non-hydrogen) atoms. The molecule has 0 radical (unpaired) electrons. The molecule has 3 rings (SSSR count). The van der Waals surface area contributed by atoms with Gasteiger partial charge < -0.3 is 19.8 Å². The summed E-state index contributed by atoms with van der Waals surface area (Å²) in [6, 6.07) is 13.6. The number of halogens is 1. The molecular formula is C23H29FN2O5. The third-order valence-corrected chi connectivity index (χ3v) is 4.96. The molecule has 2 aromatic rings. The van der Waals surface area contributed by atoms with Crippen LogP contribution in [0.3, 0.4) is 0 Å². The second-order valence-electron chi connectivity index (χ2n) is 7.11. The molecule has 1 saturated heterocycles. The molecule has 1 heterocycles. The SMILES string of the molecule is CO.O=C(O)CCc1ccc(OCC(=O)N2CCN(Cc3ccc(F)cc3)CC2)cc1. The topological polar surface area (TPSA) is 90.3 Å². The molecule has 1 aliphatic heterocycles. The van der Waals surface area contributed by atoms with Gasteiger partial charge in [-0.25, -0.2) is 4.39 Å². The van der Waals surface area contributed by atoms with Crippen LogP contribution in [-0.4, -0.2) is 71.8 Å². The molecule has 168 valence electrons. The number of hydrogen-bond donors (Lipinski definition) is 2. The highest BCUT2D eigenvalue weighted by Gasteiger charge is 2.21. The van der Waals surface area contributed by atoms with Gasteiger partial charge in [-0.1, -0.05) is 24.3 Å². The van der Waals surface area contributed by atoms with Gasteiger partial charge in [0.1, 0.15) is 11.6 Å². The van der Waals surface area contributed by atoms with Gasteiger partial charge >= 0.3 is 5.97 Å². The molecule has 8 heteroatoms. The van der Waals surface area contributed by atoms with Crippen LogP contribution >= 0.6 is 0 Å². The molecule has 0 saturated carbocycles. The Balaban J connectivity index is 0.00000166. The van der Waals surface area contributed by atoms with E-state index in [0.717, 1.165) is 37.9 Å². The zero-order valence-corrected chi connectivity index (χ0v) is 17.7. The van der Waals surface area contributed by atoms with Gasteiger partial charge in [-0.05, 0) is 41.8 Å². The Hall–Kier alpha value is -2.97. The first-order valence-electron chi connectivity index (χ1n) is 10.1. The Bertz CT molecular complexity index is 819. The third kappa shape index (κ3) is 8.35. The van der Waals surface area contributed by atoms with Crippen molar-refractivity contribution >= 4 is 11.9 Å². The van der Waals surface area contributed by atoms with Gasteiger partial charge in [0.05, 0.1) is 0 Å². The maximum absolute atomic E-state index is 13.0. The van der Waals surface area contributed by atoms with E-state index in [1.165, 1.54) is 12.1 Å². The minimum Gasteiger partial charge on any atom is -0.484 e. The lowest BCUT2D eigenvalue weighted by atomic mass is 10.1. The van der Waals surface area contributed by atoms with Gasteiger partial charge in [0.2, 0.25) is 0 Å². The summed E-state index contributed by atoms with van der Waals surface area (Å²) in [5.74, 6) is -0.526. The maximum atomic E-state index is 13.0. The van der Waals surface area contributed by atoms with Gasteiger partial charge in [-0.2, -0.15) is 0 Å². The summed E-state index contributed by atoms with van der Waals surface area (Å²) in [5, 5.41) is 15.7. The van der Waals surface area contributed by atoms with Crippen molar-refractivity contribution in [3.8, 4) is 5.75 Å². The number of carbonyl (C=O) groups is 2. The fourth-order valence-corrected chi connectivity index (χ4v) is 3.24. The summed E-state index contributed by atoms with van der Waals surface area (Å²) >= 11 is 0. The zero-order chi connectivity index (χ0) is 22.6. The van der Waals surface area contributed by atoms with E-state index in [-0.39, 0.29) is 24.8 Å². The van der Waals surface area contributed by atoms with Crippen molar-refractivity contribution in [3.63, 3.8) is 0 Å². The van der Waals surface area contributed by atoms with Crippen molar-refractivity contribution in [2.75, 3.05) is 39.9 Å². The van der Waals surface area contributed by atoms with E-state index >= 15 is 0 Å². The van der Waals surface area contributed by atoms with Crippen molar-refractivity contribution in [2.45, 2.75) is 19.4 Å². The van der Waals surface area contributed by atoms with Gasteiger partial charge in [-0.3, -0.25) is 14.5 Å². The summed E-state index contributed by atoms with van der Waals surface area (Å²) < 4.78 is 18.6. The van der Waals surface area contributed by atoms with Crippen molar-refractivity contribution < 1.29 is 28.9 Å². The van der Waals surface area contributed by atoms with E-state index in [0.29, 0.717) is 25.3 Å². The molecule has 2 aromatic carbocycles. The van der Waals surface area contributed by atoms with Gasteiger partial charge in [0, 0.05) is 46.3 Å². The Kier molecular flexibility index (Phi) is 9.93. The van der Waals surface area contributed by atoms with E-state index in [1.807, 2.05) is 12.1 Å². The van der Waals surface area contributed by atoms with E-state index in [9.17, 15) is 14.0 Å². The number of amides is 1. The van der Waals surface area contributed by atoms with Gasteiger partial charge in [0.15, 0.2) is 6.61 Å². The highest BCUT2D eigenvalue weighted by Crippen LogP contribution is 2.14. The number of aliphatic hydroxyl groups excluding tert-OH is 1. The summed E-state index contributed by atoms with van der Waals surface area (Å²) in [5.41, 5.74) is 1.98. The average Bonchev–Trinajstić information content (AvgIpc) is 2.80. The molecule has 2 N–H and O–H groups in total. The number of carboxylic acid groups (broad SMARTS) is 1. The number of carbonyl (C=O) groups excluding carboxylic acids is 1.